The van der Waals surface area contributed by atoms with Gasteiger partial charge in [0.05, 0.1) is 5.56 Å². The summed E-state index contributed by atoms with van der Waals surface area (Å²) in [6.07, 6.45) is 0. The van der Waals surface area contributed by atoms with Crippen LogP contribution in [0.1, 0.15) is 10.4 Å². The Kier molecular flexibility index (Phi) is 2.92. The molecule has 4 N–H and O–H groups in total. The second kappa shape index (κ2) is 3.97. The van der Waals surface area contributed by atoms with E-state index in [1.54, 1.807) is 0 Å². The molecule has 0 spiro atoms. The van der Waals surface area contributed by atoms with Gasteiger partial charge in [0.25, 0.3) is 0 Å². The number of carbonyl (C=O) groups is 1. The van der Waals surface area contributed by atoms with E-state index in [9.17, 15) is 13.2 Å². The lowest BCUT2D eigenvalue weighted by Gasteiger charge is -2.03. The third kappa shape index (κ3) is 2.36. The Hall–Kier alpha value is -1.76. The molecule has 0 atom stereocenters. The zero-order chi connectivity index (χ0) is 10.7. The quantitative estimate of drug-likeness (QED) is 0.417. The predicted octanol–water partition coefficient (Wildman–Crippen LogP) is -0.0947. The molecule has 0 saturated carbocycles. The van der Waals surface area contributed by atoms with Crippen LogP contribution in [0.25, 0.3) is 0 Å². The van der Waals surface area contributed by atoms with Gasteiger partial charge in [0.15, 0.2) is 0 Å². The van der Waals surface area contributed by atoms with Gasteiger partial charge in [-0.25, -0.2) is 13.2 Å². The number of rotatable bonds is 3. The summed E-state index contributed by atoms with van der Waals surface area (Å²) in [7, 11) is -2.80. The molecule has 0 aliphatic heterocycles. The van der Waals surface area contributed by atoms with E-state index in [0.717, 1.165) is 6.07 Å². The van der Waals surface area contributed by atoms with E-state index < -0.39 is 16.9 Å². The first-order valence-corrected chi connectivity index (χ1v) is 4.72. The summed E-state index contributed by atoms with van der Waals surface area (Å²) in [6.45, 7) is 0. The number of nitrogens with two attached hydrogens (primary N) is 1. The smallest absolute Gasteiger partial charge is 0.337 e. The Balaban J connectivity index is 3.12. The predicted molar refractivity (Wildman–Crippen MR) is 51.8 cm³/mol. The van der Waals surface area contributed by atoms with Crippen LogP contribution in [0.4, 0.5) is 11.4 Å². The van der Waals surface area contributed by atoms with Crippen molar-refractivity contribution in [1.29, 1.82) is 0 Å². The second-order valence-electron chi connectivity index (χ2n) is 2.48. The van der Waals surface area contributed by atoms with Crippen LogP contribution in [-0.4, -0.2) is 19.5 Å². The molecule has 6 nitrogen and oxygen atoms in total. The maximum atomic E-state index is 10.6. The summed E-state index contributed by atoms with van der Waals surface area (Å²) in [4.78, 5) is 10.6. The number of carboxylic acid groups (broad SMARTS) is 1. The van der Waals surface area contributed by atoms with E-state index in [1.165, 1.54) is 12.1 Å². The first-order valence-electron chi connectivity index (χ1n) is 3.54. The van der Waals surface area contributed by atoms with Gasteiger partial charge in [0.1, 0.15) is 0 Å². The number of aromatic carboxylic acids is 1. The van der Waals surface area contributed by atoms with E-state index in [0.29, 0.717) is 0 Å². The minimum atomic E-state index is -2.80. The normalized spacial score (nSPS) is 10.1. The van der Waals surface area contributed by atoms with Crippen LogP contribution in [-0.2, 0) is 10.9 Å². The van der Waals surface area contributed by atoms with Gasteiger partial charge >= 0.3 is 5.97 Å². The fraction of sp³-hybridized carbons (Fsp3) is 0. The fourth-order valence-electron chi connectivity index (χ4n) is 0.916. The van der Waals surface area contributed by atoms with Crippen molar-refractivity contribution < 1.29 is 18.3 Å². The molecule has 7 heteroatoms. The molecule has 0 amide bonds. The van der Waals surface area contributed by atoms with Crippen LogP contribution in [0.15, 0.2) is 18.2 Å². The maximum Gasteiger partial charge on any atom is 0.337 e. The number of thiol groups is 1. The first-order chi connectivity index (χ1) is 6.50. The Labute approximate surface area is 81.4 Å². The van der Waals surface area contributed by atoms with Gasteiger partial charge in [-0.3, -0.25) is 4.72 Å². The Morgan fingerprint density at radius 2 is 2.07 bits per heavy atom. The molecule has 1 rings (SSSR count). The minimum Gasteiger partial charge on any atom is -0.478 e. The Morgan fingerprint density at radius 1 is 1.43 bits per heavy atom. The topological polar surface area (TPSA) is 109 Å². The minimum absolute atomic E-state index is 0.0872. The molecule has 14 heavy (non-hydrogen) atoms. The fourth-order valence-corrected chi connectivity index (χ4v) is 1.27. The van der Waals surface area contributed by atoms with Crippen molar-refractivity contribution in [3.8, 4) is 0 Å². The summed E-state index contributed by atoms with van der Waals surface area (Å²) in [5.74, 6) is -1.20. The van der Waals surface area contributed by atoms with Crippen LogP contribution in [0, 0.1) is 0 Å². The van der Waals surface area contributed by atoms with Crippen molar-refractivity contribution in [3.05, 3.63) is 23.8 Å². The molecule has 1 aromatic carbocycles. The van der Waals surface area contributed by atoms with Gasteiger partial charge in [0.2, 0.25) is 10.9 Å². The van der Waals surface area contributed by atoms with Crippen molar-refractivity contribution in [1.82, 2.24) is 0 Å². The Morgan fingerprint density at radius 3 is 2.57 bits per heavy atom. The lowest BCUT2D eigenvalue weighted by Crippen LogP contribution is -2.04. The van der Waals surface area contributed by atoms with E-state index in [2.05, 4.69) is 4.72 Å². The highest BCUT2D eigenvalue weighted by Crippen LogP contribution is 2.17. The average molecular weight is 216 g/mol. The standard InChI is InChI=1S/C7H8N2O4S/c8-6-2-1-4(9-14(12)13)3-5(6)7(10)11/h1-3,14H,8H2,(H,10,11)(H,9,12,13). The summed E-state index contributed by atoms with van der Waals surface area (Å²) in [5.41, 5.74) is 5.49. The van der Waals surface area contributed by atoms with Crippen molar-refractivity contribution in [2.24, 2.45) is 0 Å². The number of anilines is 2. The van der Waals surface area contributed by atoms with E-state index in [-0.39, 0.29) is 16.9 Å². The first kappa shape index (κ1) is 10.3. The number of benzene rings is 1. The van der Waals surface area contributed by atoms with Crippen LogP contribution in [0.5, 0.6) is 0 Å². The molecule has 0 aliphatic carbocycles. The molecule has 0 saturated heterocycles. The van der Waals surface area contributed by atoms with Gasteiger partial charge in [-0.1, -0.05) is 0 Å². The Bertz CT molecular complexity index is 433. The number of nitrogen functional groups attached to an aromatic ring is 1. The van der Waals surface area contributed by atoms with Gasteiger partial charge in [0, 0.05) is 11.4 Å². The highest BCUT2D eigenvalue weighted by Gasteiger charge is 2.08. The largest absolute Gasteiger partial charge is 0.478 e. The molecule has 0 fully saturated rings. The highest BCUT2D eigenvalue weighted by atomic mass is 32.2. The van der Waals surface area contributed by atoms with E-state index in [4.69, 9.17) is 10.8 Å². The monoisotopic (exact) mass is 216 g/mol. The van der Waals surface area contributed by atoms with Gasteiger partial charge in [-0.05, 0) is 18.2 Å². The maximum absolute atomic E-state index is 10.6. The van der Waals surface area contributed by atoms with Crippen LogP contribution in [0.2, 0.25) is 0 Å². The van der Waals surface area contributed by atoms with Crippen LogP contribution in [0.3, 0.4) is 0 Å². The van der Waals surface area contributed by atoms with Gasteiger partial charge in [-0.2, -0.15) is 0 Å². The highest BCUT2D eigenvalue weighted by molar-refractivity contribution is 7.73. The summed E-state index contributed by atoms with van der Waals surface area (Å²) < 4.78 is 22.6. The molecule has 0 bridgehead atoms. The molecule has 0 aromatic heterocycles. The van der Waals surface area contributed by atoms with Crippen molar-refractivity contribution in [3.63, 3.8) is 0 Å². The second-order valence-corrected chi connectivity index (χ2v) is 3.21. The molecule has 0 radical (unpaired) electrons. The number of hydrogen-bond donors (Lipinski definition) is 4. The lowest BCUT2D eigenvalue weighted by molar-refractivity contribution is 0.0698. The van der Waals surface area contributed by atoms with Crippen molar-refractivity contribution >= 4 is 28.2 Å². The zero-order valence-corrected chi connectivity index (χ0v) is 7.82. The molecule has 0 unspecified atom stereocenters. The van der Waals surface area contributed by atoms with E-state index >= 15 is 0 Å². The van der Waals surface area contributed by atoms with Crippen molar-refractivity contribution in [2.75, 3.05) is 10.5 Å². The average Bonchev–Trinajstić information content (AvgIpc) is 2.07. The third-order valence-electron chi connectivity index (χ3n) is 1.50. The number of hydrogen-bond acceptors (Lipinski definition) is 4. The van der Waals surface area contributed by atoms with Gasteiger partial charge in [-0.15, -0.1) is 0 Å². The van der Waals surface area contributed by atoms with Crippen molar-refractivity contribution in [2.45, 2.75) is 0 Å². The molecule has 76 valence electrons. The molecule has 1 aromatic rings. The molecule has 0 heterocycles. The zero-order valence-electron chi connectivity index (χ0n) is 6.93. The molecular weight excluding hydrogens is 208 g/mol. The lowest BCUT2D eigenvalue weighted by atomic mass is 10.1. The summed E-state index contributed by atoms with van der Waals surface area (Å²) in [6, 6.07) is 3.86. The number of carboxylic acids is 1. The summed E-state index contributed by atoms with van der Waals surface area (Å²) in [5, 5.41) is 8.67. The van der Waals surface area contributed by atoms with E-state index in [1.807, 2.05) is 0 Å². The number of nitrogens with one attached hydrogen (secondary N) is 1. The van der Waals surface area contributed by atoms with Crippen LogP contribution >= 0.6 is 0 Å². The molecular formula is C7H8N2O4S. The van der Waals surface area contributed by atoms with Crippen LogP contribution < -0.4 is 10.5 Å². The molecule has 0 aliphatic rings. The third-order valence-corrected chi connectivity index (χ3v) is 1.94. The van der Waals surface area contributed by atoms with Gasteiger partial charge < -0.3 is 10.8 Å². The summed E-state index contributed by atoms with van der Waals surface area (Å²) >= 11 is 0. The SMILES string of the molecule is Nc1ccc(N[SH](=O)=O)cc1C(=O)O.